The number of aromatic nitrogens is 2. The SMILES string of the molecule is FC(F)(F)Oc1cccc(-c2cnc(N[C@@H]3CCCC[C@H]3C[C@H]3CCCN(c4ccc(C(F)(F)F)cc4)C3)nc2)c1. The number of hydrogen-bond acceptors (Lipinski definition) is 5. The van der Waals surface area contributed by atoms with E-state index in [9.17, 15) is 26.3 Å². The number of nitrogens with one attached hydrogen (secondary N) is 1. The first-order chi connectivity index (χ1) is 19.5. The van der Waals surface area contributed by atoms with Crippen LogP contribution in [0.15, 0.2) is 60.9 Å². The number of alkyl halides is 6. The molecule has 3 atom stereocenters. The lowest BCUT2D eigenvalue weighted by molar-refractivity contribution is -0.274. The van der Waals surface area contributed by atoms with Crippen molar-refractivity contribution in [2.24, 2.45) is 11.8 Å². The third-order valence-corrected chi connectivity index (χ3v) is 7.99. The van der Waals surface area contributed by atoms with E-state index in [1.165, 1.54) is 18.2 Å². The van der Waals surface area contributed by atoms with E-state index in [0.717, 1.165) is 75.9 Å². The monoisotopic (exact) mass is 578 g/mol. The fourth-order valence-electron chi connectivity index (χ4n) is 6.05. The minimum atomic E-state index is -4.77. The van der Waals surface area contributed by atoms with Crippen LogP contribution in [0.5, 0.6) is 5.75 Å². The van der Waals surface area contributed by atoms with Gasteiger partial charge < -0.3 is 15.0 Å². The van der Waals surface area contributed by atoms with Crippen molar-refractivity contribution in [1.29, 1.82) is 0 Å². The molecule has 0 unspecified atom stereocenters. The summed E-state index contributed by atoms with van der Waals surface area (Å²) in [5, 5.41) is 3.49. The molecule has 3 aromatic rings. The van der Waals surface area contributed by atoms with E-state index in [1.54, 1.807) is 30.6 Å². The van der Waals surface area contributed by atoms with Gasteiger partial charge in [-0.15, -0.1) is 13.2 Å². The van der Waals surface area contributed by atoms with Crippen molar-refractivity contribution in [3.05, 3.63) is 66.5 Å². The molecule has 0 bridgehead atoms. The molecule has 2 fully saturated rings. The van der Waals surface area contributed by atoms with Gasteiger partial charge in [-0.3, -0.25) is 0 Å². The molecule has 11 heteroatoms. The molecule has 1 aliphatic carbocycles. The highest BCUT2D eigenvalue weighted by Gasteiger charge is 2.33. The second-order valence-corrected chi connectivity index (χ2v) is 10.9. The van der Waals surface area contributed by atoms with Crippen molar-refractivity contribution in [3.63, 3.8) is 0 Å². The number of hydrogen-bond donors (Lipinski definition) is 1. The minimum absolute atomic E-state index is 0.194. The Bertz CT molecular complexity index is 1280. The molecule has 0 amide bonds. The predicted molar refractivity (Wildman–Crippen MR) is 145 cm³/mol. The first kappa shape index (κ1) is 29.0. The Hall–Kier alpha value is -3.50. The van der Waals surface area contributed by atoms with E-state index >= 15 is 0 Å². The molecular formula is C30H32F6N4O. The molecule has 220 valence electrons. The zero-order chi connectivity index (χ0) is 29.0. The molecule has 5 rings (SSSR count). The van der Waals surface area contributed by atoms with Crippen LogP contribution in [-0.4, -0.2) is 35.5 Å². The lowest BCUT2D eigenvalue weighted by atomic mass is 9.77. The van der Waals surface area contributed by atoms with Gasteiger partial charge in [0, 0.05) is 42.8 Å². The van der Waals surface area contributed by atoms with Gasteiger partial charge in [-0.1, -0.05) is 25.0 Å². The normalized spacial score (nSPS) is 21.9. The first-order valence-corrected chi connectivity index (χ1v) is 13.9. The summed E-state index contributed by atoms with van der Waals surface area (Å²) < 4.78 is 80.7. The van der Waals surface area contributed by atoms with Gasteiger partial charge in [-0.25, -0.2) is 9.97 Å². The summed E-state index contributed by atoms with van der Waals surface area (Å²) in [4.78, 5) is 11.1. The summed E-state index contributed by atoms with van der Waals surface area (Å²) in [6.07, 6.45) is 1.48. The third kappa shape index (κ3) is 7.83. The number of rotatable bonds is 7. The Morgan fingerprint density at radius 3 is 2.29 bits per heavy atom. The topological polar surface area (TPSA) is 50.3 Å². The third-order valence-electron chi connectivity index (χ3n) is 7.99. The van der Waals surface area contributed by atoms with Crippen LogP contribution in [0, 0.1) is 11.8 Å². The quantitative estimate of drug-likeness (QED) is 0.286. The molecule has 2 aromatic carbocycles. The molecule has 1 N–H and O–H groups in total. The molecule has 1 saturated heterocycles. The van der Waals surface area contributed by atoms with E-state index in [-0.39, 0.29) is 11.8 Å². The van der Waals surface area contributed by atoms with Crippen LogP contribution in [0.2, 0.25) is 0 Å². The molecule has 2 heterocycles. The second-order valence-electron chi connectivity index (χ2n) is 10.9. The summed E-state index contributed by atoms with van der Waals surface area (Å²) in [6, 6.07) is 11.3. The van der Waals surface area contributed by atoms with Crippen LogP contribution in [-0.2, 0) is 6.18 Å². The number of benzene rings is 2. The van der Waals surface area contributed by atoms with Gasteiger partial charge >= 0.3 is 12.5 Å². The molecule has 0 spiro atoms. The van der Waals surface area contributed by atoms with E-state index in [2.05, 4.69) is 24.9 Å². The predicted octanol–water partition coefficient (Wildman–Crippen LogP) is 8.34. The molecule has 1 saturated carbocycles. The van der Waals surface area contributed by atoms with Crippen LogP contribution in [0.3, 0.4) is 0 Å². The highest BCUT2D eigenvalue weighted by atomic mass is 19.4. The number of ether oxygens (including phenoxy) is 1. The van der Waals surface area contributed by atoms with Gasteiger partial charge in [-0.2, -0.15) is 13.2 Å². The average Bonchev–Trinajstić information content (AvgIpc) is 2.94. The summed E-state index contributed by atoms with van der Waals surface area (Å²) >= 11 is 0. The van der Waals surface area contributed by atoms with Crippen molar-refractivity contribution < 1.29 is 31.1 Å². The van der Waals surface area contributed by atoms with Crippen molar-refractivity contribution in [3.8, 4) is 16.9 Å². The lowest BCUT2D eigenvalue weighted by Gasteiger charge is -2.39. The van der Waals surface area contributed by atoms with Gasteiger partial charge in [0.25, 0.3) is 0 Å². The van der Waals surface area contributed by atoms with Crippen LogP contribution < -0.4 is 15.0 Å². The van der Waals surface area contributed by atoms with E-state index in [0.29, 0.717) is 28.9 Å². The fraction of sp³-hybridized carbons (Fsp3) is 0.467. The van der Waals surface area contributed by atoms with Gasteiger partial charge in [-0.05, 0) is 85.9 Å². The van der Waals surface area contributed by atoms with Gasteiger partial charge in [0.1, 0.15) is 5.75 Å². The number of piperidine rings is 1. The second kappa shape index (κ2) is 12.2. The largest absolute Gasteiger partial charge is 0.573 e. The van der Waals surface area contributed by atoms with Crippen molar-refractivity contribution >= 4 is 11.6 Å². The van der Waals surface area contributed by atoms with Crippen molar-refractivity contribution in [2.45, 2.75) is 63.5 Å². The molecule has 0 radical (unpaired) electrons. The number of halogens is 6. The Labute approximate surface area is 234 Å². The zero-order valence-electron chi connectivity index (χ0n) is 22.4. The van der Waals surface area contributed by atoms with E-state index < -0.39 is 18.1 Å². The van der Waals surface area contributed by atoms with Crippen LogP contribution >= 0.6 is 0 Å². The highest BCUT2D eigenvalue weighted by molar-refractivity contribution is 5.63. The van der Waals surface area contributed by atoms with E-state index in [4.69, 9.17) is 0 Å². The van der Waals surface area contributed by atoms with Crippen LogP contribution in [0.25, 0.3) is 11.1 Å². The van der Waals surface area contributed by atoms with Crippen molar-refractivity contribution in [2.75, 3.05) is 23.3 Å². The average molecular weight is 579 g/mol. The Morgan fingerprint density at radius 1 is 0.854 bits per heavy atom. The lowest BCUT2D eigenvalue weighted by Crippen LogP contribution is -2.39. The molecule has 5 nitrogen and oxygen atoms in total. The Kier molecular flexibility index (Phi) is 8.60. The molecule has 41 heavy (non-hydrogen) atoms. The number of nitrogens with zero attached hydrogens (tertiary/aromatic N) is 3. The van der Waals surface area contributed by atoms with Gasteiger partial charge in [0.05, 0.1) is 5.56 Å². The maximum atomic E-state index is 13.0. The Balaban J connectivity index is 1.20. The molecule has 1 aliphatic heterocycles. The maximum Gasteiger partial charge on any atom is 0.573 e. The minimum Gasteiger partial charge on any atom is -0.406 e. The Morgan fingerprint density at radius 2 is 1.59 bits per heavy atom. The van der Waals surface area contributed by atoms with Crippen LogP contribution in [0.1, 0.15) is 50.5 Å². The smallest absolute Gasteiger partial charge is 0.406 e. The summed E-state index contributed by atoms with van der Waals surface area (Å²) in [5.41, 5.74) is 1.29. The highest BCUT2D eigenvalue weighted by Crippen LogP contribution is 2.36. The van der Waals surface area contributed by atoms with E-state index in [1.807, 2.05) is 0 Å². The fourth-order valence-corrected chi connectivity index (χ4v) is 6.05. The zero-order valence-corrected chi connectivity index (χ0v) is 22.4. The summed E-state index contributed by atoms with van der Waals surface area (Å²) in [6.45, 7) is 1.65. The molecular weight excluding hydrogens is 546 g/mol. The van der Waals surface area contributed by atoms with Crippen LogP contribution in [0.4, 0.5) is 38.0 Å². The maximum absolute atomic E-state index is 13.0. The standard InChI is InChI=1S/C30H32F6N4O/c31-29(32,33)24-10-12-25(13-11-24)40-14-4-5-20(19-40)15-22-6-1-2-9-27(22)39-28-37-17-23(18-38-28)21-7-3-8-26(16-21)41-30(34,35)36/h3,7-8,10-13,16-18,20,22,27H,1-2,4-6,9,14-15,19H2,(H,37,38,39)/t20-,22+,27-/m1/s1. The molecule has 2 aliphatic rings. The summed E-state index contributed by atoms with van der Waals surface area (Å²) in [5.74, 6) is 1.03. The number of anilines is 2. The van der Waals surface area contributed by atoms with Crippen molar-refractivity contribution in [1.82, 2.24) is 9.97 Å². The first-order valence-electron chi connectivity index (χ1n) is 13.9. The van der Waals surface area contributed by atoms with Gasteiger partial charge in [0.15, 0.2) is 0 Å². The van der Waals surface area contributed by atoms with Gasteiger partial charge in [0.2, 0.25) is 5.95 Å². The molecule has 1 aromatic heterocycles. The summed E-state index contributed by atoms with van der Waals surface area (Å²) in [7, 11) is 0.